The molecule has 0 radical (unpaired) electrons. The highest BCUT2D eigenvalue weighted by Gasteiger charge is 2.25. The molecule has 210 valence electrons. The highest BCUT2D eigenvalue weighted by Crippen LogP contribution is 2.46. The Morgan fingerprint density at radius 1 is 0.923 bits per heavy atom. The van der Waals surface area contributed by atoms with Gasteiger partial charge < -0.3 is 4.90 Å². The number of hydrogen-bond donors (Lipinski definition) is 2. The van der Waals surface area contributed by atoms with Crippen molar-refractivity contribution in [3.8, 4) is 0 Å². The van der Waals surface area contributed by atoms with E-state index in [1.54, 1.807) is 23.1 Å². The number of aryl methyl sites for hydroxylation is 1. The number of fused-ring (bicyclic) bond motifs is 2. The number of benzene rings is 2. The number of anilines is 1. The summed E-state index contributed by atoms with van der Waals surface area (Å²) in [5.41, 5.74) is 3.31. The van der Waals surface area contributed by atoms with Crippen LogP contribution < -0.4 is 9.47 Å². The minimum absolute atomic E-state index is 0.245. The Morgan fingerprint density at radius 2 is 1.59 bits per heavy atom. The summed E-state index contributed by atoms with van der Waals surface area (Å²) < 4.78 is 66.1. The maximum Gasteiger partial charge on any atom is 0.264 e. The van der Waals surface area contributed by atoms with E-state index >= 15 is 0 Å². The van der Waals surface area contributed by atoms with Crippen molar-refractivity contribution < 1.29 is 30.5 Å². The third kappa shape index (κ3) is 8.38. The van der Waals surface area contributed by atoms with Gasteiger partial charge in [0.15, 0.2) is 6.54 Å². The lowest BCUT2D eigenvalue weighted by molar-refractivity contribution is -0.669. The number of para-hydroxylation sites is 2. The van der Waals surface area contributed by atoms with Crippen LogP contribution in [0.25, 0.3) is 16.3 Å². The fourth-order valence-corrected chi connectivity index (χ4v) is 7.92. The predicted molar refractivity (Wildman–Crippen MR) is 159 cm³/mol. The minimum atomic E-state index is -3.97. The normalized spacial score (nSPS) is 15.4. The van der Waals surface area contributed by atoms with Crippen LogP contribution in [-0.4, -0.2) is 44.0 Å². The molecular formula is C27H33N2O6S4+. The number of thioether (sulfide) groups is 1. The van der Waals surface area contributed by atoms with Gasteiger partial charge in [-0.25, -0.2) is 0 Å². The van der Waals surface area contributed by atoms with Crippen molar-refractivity contribution in [2.75, 3.05) is 23.0 Å². The zero-order chi connectivity index (χ0) is 28.0. The molecule has 12 heteroatoms. The molecule has 2 aromatic carbocycles. The topological polar surface area (TPSA) is 116 Å². The molecule has 0 bridgehead atoms. The van der Waals surface area contributed by atoms with E-state index in [0.29, 0.717) is 38.8 Å². The number of hydrogen-bond acceptors (Lipinski definition) is 7. The molecule has 0 spiro atoms. The molecule has 1 aromatic heterocycles. The first kappa shape index (κ1) is 29.8. The molecule has 0 unspecified atom stereocenters. The van der Waals surface area contributed by atoms with Crippen LogP contribution in [0.15, 0.2) is 70.1 Å². The molecule has 1 aliphatic heterocycles. The highest BCUT2D eigenvalue weighted by atomic mass is 32.2. The Hall–Kier alpha value is -2.22. The van der Waals surface area contributed by atoms with Crippen molar-refractivity contribution in [1.29, 1.82) is 0 Å². The third-order valence-corrected chi connectivity index (χ3v) is 10.2. The molecule has 0 atom stereocenters. The van der Waals surface area contributed by atoms with E-state index in [9.17, 15) is 16.8 Å². The Morgan fingerprint density at radius 3 is 2.31 bits per heavy atom. The second-order valence-electron chi connectivity index (χ2n) is 9.32. The average molecular weight is 610 g/mol. The number of nitrogens with zero attached hydrogens (tertiary/aromatic N) is 2. The molecule has 8 nitrogen and oxygen atoms in total. The molecule has 0 saturated carbocycles. The fraction of sp³-hybridized carbons (Fsp3) is 0.370. The first-order chi connectivity index (χ1) is 18.5. The van der Waals surface area contributed by atoms with E-state index in [1.807, 2.05) is 24.3 Å². The zero-order valence-electron chi connectivity index (χ0n) is 21.7. The summed E-state index contributed by atoms with van der Waals surface area (Å²) in [5, 5.41) is 2.13. The van der Waals surface area contributed by atoms with Crippen LogP contribution in [0.1, 0.15) is 44.0 Å². The van der Waals surface area contributed by atoms with Gasteiger partial charge in [0.05, 0.1) is 22.2 Å². The van der Waals surface area contributed by atoms with Crippen molar-refractivity contribution in [3.05, 3.63) is 70.2 Å². The largest absolute Gasteiger partial charge is 0.335 e. The van der Waals surface area contributed by atoms with Crippen LogP contribution in [0.2, 0.25) is 0 Å². The van der Waals surface area contributed by atoms with Gasteiger partial charge in [0.2, 0.25) is 5.52 Å². The SMILES string of the molecule is CCC(=Cc1sc2ccccc2[n+]1CCCCS(=O)(=O)O)C=C1Sc2ccccc2N1CCCCS(=O)(=O)O. The van der Waals surface area contributed by atoms with Gasteiger partial charge in [0.25, 0.3) is 25.2 Å². The maximum atomic E-state index is 11.1. The molecule has 0 amide bonds. The van der Waals surface area contributed by atoms with Crippen LogP contribution in [-0.2, 0) is 26.8 Å². The van der Waals surface area contributed by atoms with E-state index in [-0.39, 0.29) is 11.5 Å². The standard InChI is InChI=1S/C27H32N2O6S4/c1-2-21(19-26-28(15-7-9-17-38(30,31)32)22-11-3-5-13-24(22)36-26)20-27-29(16-8-10-18-39(33,34)35)23-12-4-6-14-25(23)37-27/h3-6,11-14,19-20H,2,7-10,15-18H2,1H3,(H-,30,31,32,33,34,35)/p+1. The molecule has 3 aromatic rings. The first-order valence-corrected chi connectivity index (χ1v) is 17.7. The molecular weight excluding hydrogens is 577 g/mol. The highest BCUT2D eigenvalue weighted by molar-refractivity contribution is 8.03. The summed E-state index contributed by atoms with van der Waals surface area (Å²) >= 11 is 3.37. The summed E-state index contributed by atoms with van der Waals surface area (Å²) in [5.74, 6) is -0.490. The van der Waals surface area contributed by atoms with Crippen molar-refractivity contribution in [1.82, 2.24) is 0 Å². The van der Waals surface area contributed by atoms with E-state index in [2.05, 4.69) is 52.8 Å². The molecule has 4 rings (SSSR count). The molecule has 0 fully saturated rings. The molecule has 0 saturated heterocycles. The van der Waals surface area contributed by atoms with Gasteiger partial charge in [-0.2, -0.15) is 21.4 Å². The van der Waals surface area contributed by atoms with Crippen LogP contribution in [0, 0.1) is 0 Å². The number of allylic oxidation sites excluding steroid dienone is 2. The van der Waals surface area contributed by atoms with E-state index in [1.165, 1.54) is 0 Å². The fourth-order valence-electron chi connectivity index (χ4n) is 4.45. The summed E-state index contributed by atoms with van der Waals surface area (Å²) in [4.78, 5) is 3.35. The van der Waals surface area contributed by atoms with Gasteiger partial charge in [-0.3, -0.25) is 9.11 Å². The molecule has 2 heterocycles. The molecule has 0 aliphatic carbocycles. The zero-order valence-corrected chi connectivity index (χ0v) is 25.0. The van der Waals surface area contributed by atoms with Crippen LogP contribution >= 0.6 is 23.1 Å². The summed E-state index contributed by atoms with van der Waals surface area (Å²) in [6, 6.07) is 16.3. The van der Waals surface area contributed by atoms with Gasteiger partial charge in [-0.1, -0.05) is 54.3 Å². The first-order valence-electron chi connectivity index (χ1n) is 12.8. The lowest BCUT2D eigenvalue weighted by Crippen LogP contribution is -2.35. The quantitative estimate of drug-likeness (QED) is 0.143. The molecule has 39 heavy (non-hydrogen) atoms. The van der Waals surface area contributed by atoms with Crippen molar-refractivity contribution in [2.24, 2.45) is 0 Å². The van der Waals surface area contributed by atoms with Gasteiger partial charge >= 0.3 is 0 Å². The minimum Gasteiger partial charge on any atom is -0.335 e. The van der Waals surface area contributed by atoms with Crippen molar-refractivity contribution >= 4 is 65.3 Å². The lowest BCUT2D eigenvalue weighted by Gasteiger charge is -2.20. The Bertz CT molecular complexity index is 1590. The van der Waals surface area contributed by atoms with Gasteiger partial charge in [-0.05, 0) is 55.5 Å². The second-order valence-corrected chi connectivity index (χ2v) is 14.6. The number of rotatable bonds is 13. The number of aromatic nitrogens is 1. The smallest absolute Gasteiger partial charge is 0.264 e. The van der Waals surface area contributed by atoms with Crippen LogP contribution in [0.4, 0.5) is 5.69 Å². The van der Waals surface area contributed by atoms with Crippen molar-refractivity contribution in [3.63, 3.8) is 0 Å². The second kappa shape index (κ2) is 13.0. The van der Waals surface area contributed by atoms with E-state index in [0.717, 1.165) is 42.8 Å². The Kier molecular flexibility index (Phi) is 9.89. The molecule has 2 N–H and O–H groups in total. The summed E-state index contributed by atoms with van der Waals surface area (Å²) in [7, 11) is -7.95. The van der Waals surface area contributed by atoms with Gasteiger partial charge in [0.1, 0.15) is 4.70 Å². The predicted octanol–water partition coefficient (Wildman–Crippen LogP) is 5.77. The van der Waals surface area contributed by atoms with E-state index < -0.39 is 20.2 Å². The summed E-state index contributed by atoms with van der Waals surface area (Å²) in [6.07, 6.45) is 7.17. The lowest BCUT2D eigenvalue weighted by atomic mass is 10.2. The van der Waals surface area contributed by atoms with Crippen LogP contribution in [0.3, 0.4) is 0 Å². The average Bonchev–Trinajstić information content (AvgIpc) is 3.40. The third-order valence-electron chi connectivity index (χ3n) is 6.37. The Labute approximate surface area is 238 Å². The maximum absolute atomic E-state index is 11.1. The summed E-state index contributed by atoms with van der Waals surface area (Å²) in [6.45, 7) is 3.38. The monoisotopic (exact) mass is 609 g/mol. The van der Waals surface area contributed by atoms with Gasteiger partial charge in [0, 0.05) is 30.0 Å². The van der Waals surface area contributed by atoms with Gasteiger partial charge in [-0.15, -0.1) is 0 Å². The number of unbranched alkanes of at least 4 members (excludes halogenated alkanes) is 2. The van der Waals surface area contributed by atoms with E-state index in [4.69, 9.17) is 9.11 Å². The number of thiazole rings is 1. The van der Waals surface area contributed by atoms with Crippen LogP contribution in [0.5, 0.6) is 0 Å². The van der Waals surface area contributed by atoms with Crippen molar-refractivity contribution in [2.45, 2.75) is 50.5 Å². The Balaban J connectivity index is 1.61. The molecule has 1 aliphatic rings.